The van der Waals surface area contributed by atoms with Crippen LogP contribution in [0.25, 0.3) is 0 Å². The fraction of sp³-hybridized carbons (Fsp3) is 0.611. The highest BCUT2D eigenvalue weighted by Crippen LogP contribution is 2.40. The molecule has 3 N–H and O–H groups in total. The van der Waals surface area contributed by atoms with E-state index in [0.29, 0.717) is 11.4 Å². The van der Waals surface area contributed by atoms with E-state index in [2.05, 4.69) is 5.32 Å². The maximum atomic E-state index is 11.9. The largest absolute Gasteiger partial charge is 0.496 e. The molecule has 1 saturated carbocycles. The number of amides is 1. The van der Waals surface area contributed by atoms with Gasteiger partial charge in [-0.2, -0.15) is 0 Å². The van der Waals surface area contributed by atoms with Gasteiger partial charge in [0.15, 0.2) is 0 Å². The van der Waals surface area contributed by atoms with Crippen molar-refractivity contribution in [2.75, 3.05) is 12.4 Å². The van der Waals surface area contributed by atoms with E-state index in [0.717, 1.165) is 31.2 Å². The third-order valence-corrected chi connectivity index (χ3v) is 4.13. The van der Waals surface area contributed by atoms with Gasteiger partial charge in [0, 0.05) is 22.9 Å². The average molecular weight is 320 g/mol. The molecule has 1 aromatic rings. The summed E-state index contributed by atoms with van der Waals surface area (Å²) < 4.78 is 10.8. The van der Waals surface area contributed by atoms with Gasteiger partial charge in [-0.3, -0.25) is 5.32 Å². The number of nitrogens with one attached hydrogen (secondary N) is 1. The van der Waals surface area contributed by atoms with Gasteiger partial charge in [0.25, 0.3) is 0 Å². The normalized spacial score (nSPS) is 17.4. The van der Waals surface area contributed by atoms with Gasteiger partial charge < -0.3 is 15.2 Å². The second kappa shape index (κ2) is 6.79. The molecule has 1 amide bonds. The van der Waals surface area contributed by atoms with Crippen LogP contribution in [0.1, 0.15) is 58.4 Å². The number of ether oxygens (including phenoxy) is 2. The van der Waals surface area contributed by atoms with E-state index in [-0.39, 0.29) is 5.54 Å². The van der Waals surface area contributed by atoms with Crippen LogP contribution in [-0.4, -0.2) is 18.8 Å². The zero-order valence-electron chi connectivity index (χ0n) is 14.6. The highest BCUT2D eigenvalue weighted by atomic mass is 16.6. The van der Waals surface area contributed by atoms with E-state index >= 15 is 0 Å². The van der Waals surface area contributed by atoms with Crippen LogP contribution in [0.5, 0.6) is 5.75 Å². The Morgan fingerprint density at radius 2 is 1.87 bits per heavy atom. The van der Waals surface area contributed by atoms with Gasteiger partial charge in [-0.05, 0) is 39.7 Å². The molecule has 0 radical (unpaired) electrons. The third-order valence-electron chi connectivity index (χ3n) is 4.13. The Labute approximate surface area is 138 Å². The molecule has 0 aliphatic heterocycles. The topological polar surface area (TPSA) is 73.6 Å². The van der Waals surface area contributed by atoms with E-state index in [1.54, 1.807) is 7.11 Å². The van der Waals surface area contributed by atoms with E-state index in [9.17, 15) is 4.79 Å². The molecule has 0 spiro atoms. The Balaban J connectivity index is 2.18. The molecule has 0 aromatic heterocycles. The summed E-state index contributed by atoms with van der Waals surface area (Å²) in [4.78, 5) is 11.9. The van der Waals surface area contributed by atoms with E-state index in [1.807, 2.05) is 39.0 Å². The number of hydrogen-bond donors (Lipinski definition) is 2. The Hall–Kier alpha value is -1.75. The number of anilines is 1. The van der Waals surface area contributed by atoms with Crippen molar-refractivity contribution in [3.63, 3.8) is 0 Å². The number of rotatable bonds is 3. The quantitative estimate of drug-likeness (QED) is 0.877. The highest BCUT2D eigenvalue weighted by Gasteiger charge is 2.32. The molecular formula is C18H28N2O3. The molecule has 0 bridgehead atoms. The van der Waals surface area contributed by atoms with Crippen LogP contribution in [0, 0.1) is 0 Å². The number of carbonyl (C=O) groups excluding carboxylic acids is 1. The summed E-state index contributed by atoms with van der Waals surface area (Å²) in [6, 6.07) is 5.62. The SMILES string of the molecule is COc1cc(NC(=O)OC(C)(C)C)ccc1C1(N)CCCCC1. The van der Waals surface area contributed by atoms with Crippen molar-refractivity contribution in [1.82, 2.24) is 0 Å². The fourth-order valence-electron chi connectivity index (χ4n) is 3.05. The number of methoxy groups -OCH3 is 1. The Bertz CT molecular complexity index is 558. The first kappa shape index (κ1) is 17.6. The summed E-state index contributed by atoms with van der Waals surface area (Å²) in [5, 5.41) is 2.73. The fourth-order valence-corrected chi connectivity index (χ4v) is 3.05. The minimum absolute atomic E-state index is 0.339. The van der Waals surface area contributed by atoms with Crippen LogP contribution >= 0.6 is 0 Å². The Morgan fingerprint density at radius 3 is 2.43 bits per heavy atom. The molecule has 0 saturated heterocycles. The second-order valence-electron chi connectivity index (χ2n) is 7.26. The van der Waals surface area contributed by atoms with E-state index in [4.69, 9.17) is 15.2 Å². The lowest BCUT2D eigenvalue weighted by Crippen LogP contribution is -2.38. The lowest BCUT2D eigenvalue weighted by molar-refractivity contribution is 0.0636. The molecule has 1 aliphatic rings. The molecule has 2 rings (SSSR count). The number of nitrogens with two attached hydrogens (primary N) is 1. The number of hydrogen-bond acceptors (Lipinski definition) is 4. The standard InChI is InChI=1S/C18H28N2O3/c1-17(2,3)23-16(21)20-13-8-9-14(15(12-13)22-4)18(19)10-6-5-7-11-18/h8-9,12H,5-7,10-11,19H2,1-4H3,(H,20,21). The Morgan fingerprint density at radius 1 is 1.22 bits per heavy atom. The molecule has 0 unspecified atom stereocenters. The van der Waals surface area contributed by atoms with Crippen LogP contribution in [0.15, 0.2) is 18.2 Å². The van der Waals surface area contributed by atoms with Crippen LogP contribution in [-0.2, 0) is 10.3 Å². The first-order valence-electron chi connectivity index (χ1n) is 8.21. The average Bonchev–Trinajstić information content (AvgIpc) is 2.45. The summed E-state index contributed by atoms with van der Waals surface area (Å²) in [6.07, 6.45) is 4.95. The summed E-state index contributed by atoms with van der Waals surface area (Å²) in [5.74, 6) is 0.711. The van der Waals surface area contributed by atoms with Crippen LogP contribution < -0.4 is 15.8 Å². The maximum Gasteiger partial charge on any atom is 0.412 e. The van der Waals surface area contributed by atoms with Gasteiger partial charge >= 0.3 is 6.09 Å². The highest BCUT2D eigenvalue weighted by molar-refractivity contribution is 5.85. The van der Waals surface area contributed by atoms with Crippen LogP contribution in [0.2, 0.25) is 0 Å². The van der Waals surface area contributed by atoms with Gasteiger partial charge in [-0.15, -0.1) is 0 Å². The zero-order chi connectivity index (χ0) is 17.1. The smallest absolute Gasteiger partial charge is 0.412 e. The Kier molecular flexibility index (Phi) is 5.19. The predicted molar refractivity (Wildman–Crippen MR) is 91.8 cm³/mol. The monoisotopic (exact) mass is 320 g/mol. The van der Waals surface area contributed by atoms with Crippen molar-refractivity contribution in [3.8, 4) is 5.75 Å². The lowest BCUT2D eigenvalue weighted by atomic mass is 9.77. The summed E-state index contributed by atoms with van der Waals surface area (Å²) in [6.45, 7) is 5.49. The van der Waals surface area contributed by atoms with Crippen molar-refractivity contribution in [2.45, 2.75) is 64.0 Å². The summed E-state index contributed by atoms with van der Waals surface area (Å²) in [5.41, 5.74) is 7.38. The van der Waals surface area contributed by atoms with Crippen molar-refractivity contribution < 1.29 is 14.3 Å². The molecule has 1 aromatic carbocycles. The first-order chi connectivity index (χ1) is 10.7. The summed E-state index contributed by atoms with van der Waals surface area (Å²) >= 11 is 0. The number of benzene rings is 1. The van der Waals surface area contributed by atoms with Crippen molar-refractivity contribution in [3.05, 3.63) is 23.8 Å². The molecule has 5 heteroatoms. The lowest BCUT2D eigenvalue weighted by Gasteiger charge is -2.35. The van der Waals surface area contributed by atoms with Crippen molar-refractivity contribution in [1.29, 1.82) is 0 Å². The molecule has 128 valence electrons. The van der Waals surface area contributed by atoms with Gasteiger partial charge in [-0.25, -0.2) is 4.79 Å². The zero-order valence-corrected chi connectivity index (χ0v) is 14.6. The minimum atomic E-state index is -0.530. The predicted octanol–water partition coefficient (Wildman–Crippen LogP) is 4.16. The van der Waals surface area contributed by atoms with Gasteiger partial charge in [0.1, 0.15) is 11.4 Å². The first-order valence-corrected chi connectivity index (χ1v) is 8.21. The van der Waals surface area contributed by atoms with E-state index < -0.39 is 11.7 Å². The molecule has 5 nitrogen and oxygen atoms in total. The molecule has 1 aliphatic carbocycles. The molecular weight excluding hydrogens is 292 g/mol. The van der Waals surface area contributed by atoms with Crippen LogP contribution in [0.3, 0.4) is 0 Å². The van der Waals surface area contributed by atoms with E-state index in [1.165, 1.54) is 6.42 Å². The summed E-state index contributed by atoms with van der Waals surface area (Å²) in [7, 11) is 1.63. The van der Waals surface area contributed by atoms with Gasteiger partial charge in [-0.1, -0.05) is 25.3 Å². The van der Waals surface area contributed by atoms with Gasteiger partial charge in [0.2, 0.25) is 0 Å². The van der Waals surface area contributed by atoms with Gasteiger partial charge in [0.05, 0.1) is 7.11 Å². The van der Waals surface area contributed by atoms with Crippen LogP contribution in [0.4, 0.5) is 10.5 Å². The molecule has 1 fully saturated rings. The van der Waals surface area contributed by atoms with Crippen molar-refractivity contribution in [2.24, 2.45) is 5.73 Å². The molecule has 23 heavy (non-hydrogen) atoms. The third kappa shape index (κ3) is 4.61. The molecule has 0 atom stereocenters. The number of carbonyl (C=O) groups is 1. The minimum Gasteiger partial charge on any atom is -0.496 e. The molecule has 0 heterocycles. The van der Waals surface area contributed by atoms with Crippen molar-refractivity contribution >= 4 is 11.8 Å². The second-order valence-corrected chi connectivity index (χ2v) is 7.26. The maximum absolute atomic E-state index is 11.9.